The van der Waals surface area contributed by atoms with Gasteiger partial charge in [-0.25, -0.2) is 0 Å². The number of hydrogen-bond acceptors (Lipinski definition) is 4. The van der Waals surface area contributed by atoms with E-state index in [1.165, 1.54) is 18.5 Å². The predicted molar refractivity (Wildman–Crippen MR) is 141 cm³/mol. The molecule has 3 aromatic rings. The predicted octanol–water partition coefficient (Wildman–Crippen LogP) is 5.56. The van der Waals surface area contributed by atoms with Crippen molar-refractivity contribution >= 4 is 23.0 Å². The summed E-state index contributed by atoms with van der Waals surface area (Å²) in [6.45, 7) is 1.71. The molecule has 0 amide bonds. The van der Waals surface area contributed by atoms with Gasteiger partial charge in [-0.2, -0.15) is 0 Å². The second-order valence-corrected chi connectivity index (χ2v) is 10.1. The maximum absolute atomic E-state index is 6.21. The summed E-state index contributed by atoms with van der Waals surface area (Å²) < 4.78 is 14.5. The lowest BCUT2D eigenvalue weighted by atomic mass is 10.0. The van der Waals surface area contributed by atoms with Crippen molar-refractivity contribution in [2.24, 2.45) is 0 Å². The number of aromatic nitrogens is 2. The molecule has 4 heterocycles. The van der Waals surface area contributed by atoms with Gasteiger partial charge in [0.15, 0.2) is 5.11 Å². The molecule has 0 spiro atoms. The Labute approximate surface area is 212 Å². The molecule has 2 aromatic heterocycles. The molecule has 2 aliphatic heterocycles. The van der Waals surface area contributed by atoms with E-state index in [-0.39, 0.29) is 18.2 Å². The minimum Gasteiger partial charge on any atom is -0.490 e. The van der Waals surface area contributed by atoms with Crippen molar-refractivity contribution in [2.75, 3.05) is 11.5 Å². The summed E-state index contributed by atoms with van der Waals surface area (Å²) in [4.78, 5) is 6.92. The third-order valence-corrected chi connectivity index (χ3v) is 7.72. The third-order valence-electron chi connectivity index (χ3n) is 7.41. The Morgan fingerprint density at radius 1 is 1.00 bits per heavy atom. The molecule has 0 unspecified atom stereocenters. The first-order chi connectivity index (χ1) is 17.3. The fraction of sp³-hybridized carbons (Fsp3) is 0.429. The molecule has 0 bridgehead atoms. The van der Waals surface area contributed by atoms with Gasteiger partial charge in [0.25, 0.3) is 0 Å². The molecule has 1 aromatic carbocycles. The zero-order valence-corrected chi connectivity index (χ0v) is 20.7. The molecule has 7 heteroatoms. The van der Waals surface area contributed by atoms with Gasteiger partial charge in [-0.1, -0.05) is 6.07 Å². The van der Waals surface area contributed by atoms with Crippen LogP contribution in [0.1, 0.15) is 62.0 Å². The van der Waals surface area contributed by atoms with Gasteiger partial charge in [0.05, 0.1) is 23.9 Å². The molecular weight excluding hydrogens is 456 g/mol. The monoisotopic (exact) mass is 488 g/mol. The number of pyridine rings is 1. The molecule has 1 saturated carbocycles. The topological polar surface area (TPSA) is 51.5 Å². The highest BCUT2D eigenvalue weighted by Crippen LogP contribution is 2.42. The van der Waals surface area contributed by atoms with E-state index in [0.717, 1.165) is 56.0 Å². The number of thiocarbonyl (C=S) groups is 1. The lowest BCUT2D eigenvalue weighted by molar-refractivity contribution is 0.0961. The van der Waals surface area contributed by atoms with Crippen molar-refractivity contribution in [1.82, 2.24) is 14.9 Å². The van der Waals surface area contributed by atoms with Gasteiger partial charge in [0, 0.05) is 36.9 Å². The normalized spacial score (nSPS) is 24.7. The van der Waals surface area contributed by atoms with E-state index < -0.39 is 0 Å². The lowest BCUT2D eigenvalue weighted by Gasteiger charge is -2.29. The number of ether oxygens (including phenoxy) is 2. The summed E-state index contributed by atoms with van der Waals surface area (Å²) >= 11 is 5.91. The van der Waals surface area contributed by atoms with E-state index >= 15 is 0 Å². The second-order valence-electron chi connectivity index (χ2n) is 9.74. The Morgan fingerprint density at radius 3 is 2.60 bits per heavy atom. The number of anilines is 1. The van der Waals surface area contributed by atoms with Crippen LogP contribution in [0.3, 0.4) is 0 Å². The summed E-state index contributed by atoms with van der Waals surface area (Å²) in [5.74, 6) is 0.929. The zero-order valence-electron chi connectivity index (χ0n) is 19.9. The van der Waals surface area contributed by atoms with Crippen LogP contribution in [0.25, 0.3) is 0 Å². The Kier molecular flexibility index (Phi) is 6.44. The lowest BCUT2D eigenvalue weighted by Crippen LogP contribution is -2.31. The molecule has 6 nitrogen and oxygen atoms in total. The molecule has 3 atom stereocenters. The maximum atomic E-state index is 6.21. The average molecular weight is 489 g/mol. The van der Waals surface area contributed by atoms with Crippen molar-refractivity contribution in [3.8, 4) is 5.75 Å². The van der Waals surface area contributed by atoms with E-state index in [4.69, 9.17) is 21.7 Å². The Hall–Kier alpha value is -2.90. The molecule has 3 fully saturated rings. The Bertz CT molecular complexity index is 1140. The van der Waals surface area contributed by atoms with Gasteiger partial charge in [-0.05, 0) is 99.3 Å². The van der Waals surface area contributed by atoms with Crippen LogP contribution < -0.4 is 15.0 Å². The Balaban J connectivity index is 1.33. The first-order valence-electron chi connectivity index (χ1n) is 12.8. The molecule has 2 saturated heterocycles. The molecule has 0 radical (unpaired) electrons. The SMILES string of the molecule is S=C1N[C@@H](c2ccccn2)[C@@H](c2cccn2C[C@@H]2CCCO2)N1c1ccc(OC2CCCC2)cc1. The zero-order chi connectivity index (χ0) is 23.6. The van der Waals surface area contributed by atoms with E-state index in [9.17, 15) is 0 Å². The minimum atomic E-state index is -0.0590. The van der Waals surface area contributed by atoms with Crippen LogP contribution in [0, 0.1) is 0 Å². The highest BCUT2D eigenvalue weighted by atomic mass is 32.1. The number of hydrogen-bond donors (Lipinski definition) is 1. The van der Waals surface area contributed by atoms with E-state index in [2.05, 4.69) is 68.4 Å². The highest BCUT2D eigenvalue weighted by molar-refractivity contribution is 7.80. The van der Waals surface area contributed by atoms with Gasteiger partial charge in [0.2, 0.25) is 0 Å². The second kappa shape index (κ2) is 9.99. The maximum Gasteiger partial charge on any atom is 0.174 e. The summed E-state index contributed by atoms with van der Waals surface area (Å²) in [5.41, 5.74) is 3.23. The van der Waals surface area contributed by atoms with Crippen LogP contribution in [-0.4, -0.2) is 33.5 Å². The number of nitrogens with zero attached hydrogens (tertiary/aromatic N) is 3. The molecule has 1 aliphatic carbocycles. The molecule has 6 rings (SSSR count). The summed E-state index contributed by atoms with van der Waals surface area (Å²) in [5, 5.41) is 4.28. The molecule has 3 aliphatic rings. The summed E-state index contributed by atoms with van der Waals surface area (Å²) in [7, 11) is 0. The quantitative estimate of drug-likeness (QED) is 0.440. The van der Waals surface area contributed by atoms with Crippen LogP contribution in [0.15, 0.2) is 67.0 Å². The van der Waals surface area contributed by atoms with Gasteiger partial charge in [0.1, 0.15) is 11.8 Å². The van der Waals surface area contributed by atoms with Crippen molar-refractivity contribution in [2.45, 2.75) is 69.4 Å². The van der Waals surface area contributed by atoms with Crippen LogP contribution >= 0.6 is 12.2 Å². The smallest absolute Gasteiger partial charge is 0.174 e. The summed E-state index contributed by atoms with van der Waals surface area (Å²) in [6.07, 6.45) is 11.7. The highest BCUT2D eigenvalue weighted by Gasteiger charge is 2.42. The molecule has 182 valence electrons. The number of nitrogens with one attached hydrogen (secondary N) is 1. The standard InChI is InChI=1S/C28H32N4O2S/c35-28-30-26(24-10-3-4-16-29-24)27(25-11-5-17-31(25)19-23-9-6-18-33-23)32(28)20-12-14-22(15-13-20)34-21-7-1-2-8-21/h3-5,10-17,21,23,26-27H,1-2,6-9,18-19H2,(H,30,35)/t23-,26-,27+/m0/s1. The van der Waals surface area contributed by atoms with Crippen molar-refractivity contribution < 1.29 is 9.47 Å². The minimum absolute atomic E-state index is 0.0320. The van der Waals surface area contributed by atoms with Gasteiger partial charge < -0.3 is 24.3 Å². The van der Waals surface area contributed by atoms with Crippen molar-refractivity contribution in [3.05, 3.63) is 78.4 Å². The van der Waals surface area contributed by atoms with E-state index in [1.54, 1.807) is 0 Å². The first kappa shape index (κ1) is 22.6. The van der Waals surface area contributed by atoms with Crippen LogP contribution in [0.4, 0.5) is 5.69 Å². The van der Waals surface area contributed by atoms with Gasteiger partial charge in [-0.3, -0.25) is 4.98 Å². The third kappa shape index (κ3) is 4.67. The van der Waals surface area contributed by atoms with Gasteiger partial charge >= 0.3 is 0 Å². The van der Waals surface area contributed by atoms with Crippen molar-refractivity contribution in [3.63, 3.8) is 0 Å². The fourth-order valence-electron chi connectivity index (χ4n) is 5.69. The van der Waals surface area contributed by atoms with E-state index in [1.807, 2.05) is 18.3 Å². The summed E-state index contributed by atoms with van der Waals surface area (Å²) in [6, 6.07) is 18.7. The Morgan fingerprint density at radius 2 is 1.86 bits per heavy atom. The first-order valence-corrected chi connectivity index (χ1v) is 13.2. The van der Waals surface area contributed by atoms with E-state index in [0.29, 0.717) is 11.2 Å². The molecule has 35 heavy (non-hydrogen) atoms. The molecule has 1 N–H and O–H groups in total. The van der Waals surface area contributed by atoms with Crippen LogP contribution in [0.2, 0.25) is 0 Å². The fourth-order valence-corrected chi connectivity index (χ4v) is 6.03. The number of rotatable bonds is 7. The number of benzene rings is 1. The molecular formula is C28H32N4O2S. The average Bonchev–Trinajstić information content (AvgIpc) is 3.69. The van der Waals surface area contributed by atoms with Gasteiger partial charge in [-0.15, -0.1) is 0 Å². The van der Waals surface area contributed by atoms with Crippen LogP contribution in [0.5, 0.6) is 5.75 Å². The largest absolute Gasteiger partial charge is 0.490 e. The van der Waals surface area contributed by atoms with Crippen LogP contribution in [-0.2, 0) is 11.3 Å². The van der Waals surface area contributed by atoms with Crippen molar-refractivity contribution in [1.29, 1.82) is 0 Å².